The van der Waals surface area contributed by atoms with E-state index in [1.54, 1.807) is 11.9 Å². The van der Waals surface area contributed by atoms with Gasteiger partial charge in [-0.2, -0.15) is 0 Å². The minimum absolute atomic E-state index is 0.350. The molecule has 5 heteroatoms. The van der Waals surface area contributed by atoms with E-state index in [9.17, 15) is 0 Å². The molecule has 0 spiro atoms. The van der Waals surface area contributed by atoms with Crippen LogP contribution in [-0.4, -0.2) is 43.1 Å². The van der Waals surface area contributed by atoms with Crippen molar-refractivity contribution in [2.75, 3.05) is 27.3 Å². The molecule has 0 amide bonds. The number of nitrogens with zero attached hydrogens (tertiary/aromatic N) is 2. The van der Waals surface area contributed by atoms with Gasteiger partial charge in [0.25, 0.3) is 0 Å². The fourth-order valence-electron chi connectivity index (χ4n) is 1.38. The van der Waals surface area contributed by atoms with Gasteiger partial charge in [0.2, 0.25) is 0 Å². The fourth-order valence-corrected chi connectivity index (χ4v) is 1.38. The summed E-state index contributed by atoms with van der Waals surface area (Å²) >= 11 is 0. The van der Waals surface area contributed by atoms with Crippen LogP contribution in [0.5, 0.6) is 0 Å². The molecule has 0 saturated heterocycles. The third-order valence-electron chi connectivity index (χ3n) is 2.49. The summed E-state index contributed by atoms with van der Waals surface area (Å²) in [5, 5.41) is 7.81. The number of nitrogens with two attached hydrogens (primary N) is 1. The van der Waals surface area contributed by atoms with Gasteiger partial charge in [-0.25, -0.2) is 0 Å². The Morgan fingerprint density at radius 1 is 1.38 bits per heavy atom. The van der Waals surface area contributed by atoms with Gasteiger partial charge in [-0.3, -0.25) is 5.41 Å². The molecule has 90 valence electrons. The van der Waals surface area contributed by atoms with E-state index >= 15 is 0 Å². The standard InChI is InChI=1S/C11H20N4O/c1-9-4-5-10(16-9)6-7-14(2)11(13)15(3)8-12/h4-5,13H,6-8,12H2,1-3H3. The van der Waals surface area contributed by atoms with Crippen LogP contribution in [0.2, 0.25) is 0 Å². The van der Waals surface area contributed by atoms with E-state index in [0.717, 1.165) is 24.5 Å². The normalized spacial score (nSPS) is 10.2. The first kappa shape index (κ1) is 12.6. The summed E-state index contributed by atoms with van der Waals surface area (Å²) in [7, 11) is 3.68. The molecule has 0 radical (unpaired) electrons. The van der Waals surface area contributed by atoms with Crippen molar-refractivity contribution < 1.29 is 4.42 Å². The van der Waals surface area contributed by atoms with Crippen LogP contribution in [0.4, 0.5) is 0 Å². The van der Waals surface area contributed by atoms with Crippen LogP contribution in [0.3, 0.4) is 0 Å². The SMILES string of the molecule is Cc1ccc(CCN(C)C(=N)N(C)CN)o1. The lowest BCUT2D eigenvalue weighted by Gasteiger charge is -2.26. The Hall–Kier alpha value is -1.49. The van der Waals surface area contributed by atoms with E-state index in [0.29, 0.717) is 12.6 Å². The molecular weight excluding hydrogens is 204 g/mol. The first-order chi connectivity index (χ1) is 7.54. The van der Waals surface area contributed by atoms with Crippen LogP contribution < -0.4 is 5.73 Å². The van der Waals surface area contributed by atoms with Gasteiger partial charge in [-0.15, -0.1) is 0 Å². The van der Waals surface area contributed by atoms with Crippen LogP contribution in [0.15, 0.2) is 16.5 Å². The summed E-state index contributed by atoms with van der Waals surface area (Å²) in [4.78, 5) is 3.54. The number of hydrogen-bond donors (Lipinski definition) is 2. The molecular formula is C11H20N4O. The van der Waals surface area contributed by atoms with Gasteiger partial charge >= 0.3 is 0 Å². The quantitative estimate of drug-likeness (QED) is 0.452. The average molecular weight is 224 g/mol. The third-order valence-corrected chi connectivity index (χ3v) is 2.49. The number of rotatable bonds is 4. The topological polar surface area (TPSA) is 69.5 Å². The molecule has 0 bridgehead atoms. The second-order valence-electron chi connectivity index (χ2n) is 3.89. The summed E-state index contributed by atoms with van der Waals surface area (Å²) in [6, 6.07) is 3.92. The van der Waals surface area contributed by atoms with Crippen LogP contribution in [0.25, 0.3) is 0 Å². The van der Waals surface area contributed by atoms with Crippen LogP contribution in [0, 0.1) is 12.3 Å². The second-order valence-corrected chi connectivity index (χ2v) is 3.89. The summed E-state index contributed by atoms with van der Waals surface area (Å²) in [5.74, 6) is 2.30. The molecule has 0 aliphatic rings. The van der Waals surface area contributed by atoms with Gasteiger partial charge in [0.05, 0.1) is 6.67 Å². The van der Waals surface area contributed by atoms with Crippen LogP contribution >= 0.6 is 0 Å². The number of likely N-dealkylation sites (N-methyl/N-ethyl adjacent to an activating group) is 1. The first-order valence-corrected chi connectivity index (χ1v) is 5.30. The Kier molecular flexibility index (Phi) is 4.37. The van der Waals surface area contributed by atoms with Gasteiger partial charge < -0.3 is 20.0 Å². The Morgan fingerprint density at radius 3 is 2.56 bits per heavy atom. The van der Waals surface area contributed by atoms with E-state index in [2.05, 4.69) is 0 Å². The molecule has 1 heterocycles. The minimum atomic E-state index is 0.350. The molecule has 0 saturated carbocycles. The number of hydrogen-bond acceptors (Lipinski definition) is 3. The number of aryl methyl sites for hydroxylation is 1. The Balaban J connectivity index is 2.40. The molecule has 0 fully saturated rings. The minimum Gasteiger partial charge on any atom is -0.466 e. The summed E-state index contributed by atoms with van der Waals surface area (Å²) < 4.78 is 5.46. The fraction of sp³-hybridized carbons (Fsp3) is 0.545. The molecule has 1 rings (SSSR count). The lowest BCUT2D eigenvalue weighted by molar-refractivity contribution is 0.378. The molecule has 0 aliphatic heterocycles. The Labute approximate surface area is 96.3 Å². The zero-order valence-corrected chi connectivity index (χ0v) is 10.2. The molecule has 3 N–H and O–H groups in total. The smallest absolute Gasteiger partial charge is 0.194 e. The van der Waals surface area contributed by atoms with Gasteiger partial charge in [-0.05, 0) is 19.1 Å². The number of nitrogens with one attached hydrogen (secondary N) is 1. The van der Waals surface area contributed by atoms with E-state index < -0.39 is 0 Å². The highest BCUT2D eigenvalue weighted by Crippen LogP contribution is 2.07. The molecule has 1 aromatic rings. The van der Waals surface area contributed by atoms with Gasteiger partial charge in [0.15, 0.2) is 5.96 Å². The predicted octanol–water partition coefficient (Wildman–Crippen LogP) is 0.845. The molecule has 0 atom stereocenters. The van der Waals surface area contributed by atoms with Crippen molar-refractivity contribution in [1.82, 2.24) is 9.80 Å². The van der Waals surface area contributed by atoms with Crippen molar-refractivity contribution in [1.29, 1.82) is 5.41 Å². The predicted molar refractivity (Wildman–Crippen MR) is 64.3 cm³/mol. The molecule has 1 aromatic heterocycles. The Morgan fingerprint density at radius 2 is 2.06 bits per heavy atom. The number of guanidine groups is 1. The van der Waals surface area contributed by atoms with E-state index in [-0.39, 0.29) is 0 Å². The summed E-state index contributed by atoms with van der Waals surface area (Å²) in [6.45, 7) is 3.02. The van der Waals surface area contributed by atoms with Crippen molar-refractivity contribution in [3.8, 4) is 0 Å². The molecule has 5 nitrogen and oxygen atoms in total. The van der Waals surface area contributed by atoms with Crippen molar-refractivity contribution in [3.05, 3.63) is 23.7 Å². The van der Waals surface area contributed by atoms with E-state index in [4.69, 9.17) is 15.6 Å². The van der Waals surface area contributed by atoms with Gasteiger partial charge in [-0.1, -0.05) is 0 Å². The maximum Gasteiger partial charge on any atom is 0.194 e. The lowest BCUT2D eigenvalue weighted by Crippen LogP contribution is -2.42. The van der Waals surface area contributed by atoms with Gasteiger partial charge in [0, 0.05) is 27.1 Å². The third kappa shape index (κ3) is 3.27. The lowest BCUT2D eigenvalue weighted by atomic mass is 10.3. The monoisotopic (exact) mass is 224 g/mol. The molecule has 16 heavy (non-hydrogen) atoms. The highest BCUT2D eigenvalue weighted by molar-refractivity contribution is 5.76. The highest BCUT2D eigenvalue weighted by atomic mass is 16.3. The number of furan rings is 1. The Bertz CT molecular complexity index is 348. The largest absolute Gasteiger partial charge is 0.466 e. The average Bonchev–Trinajstić information content (AvgIpc) is 2.69. The van der Waals surface area contributed by atoms with Crippen LogP contribution in [-0.2, 0) is 6.42 Å². The van der Waals surface area contributed by atoms with Crippen molar-refractivity contribution in [2.24, 2.45) is 5.73 Å². The van der Waals surface area contributed by atoms with E-state index in [1.165, 1.54) is 0 Å². The van der Waals surface area contributed by atoms with E-state index in [1.807, 2.05) is 31.0 Å². The van der Waals surface area contributed by atoms with Gasteiger partial charge in [0.1, 0.15) is 11.5 Å². The maximum atomic E-state index is 7.81. The van der Waals surface area contributed by atoms with Crippen molar-refractivity contribution in [3.63, 3.8) is 0 Å². The first-order valence-electron chi connectivity index (χ1n) is 5.30. The van der Waals surface area contributed by atoms with Crippen LogP contribution in [0.1, 0.15) is 11.5 Å². The van der Waals surface area contributed by atoms with Crippen molar-refractivity contribution in [2.45, 2.75) is 13.3 Å². The molecule has 0 aromatic carbocycles. The zero-order chi connectivity index (χ0) is 12.1. The highest BCUT2D eigenvalue weighted by Gasteiger charge is 2.09. The molecule has 0 aliphatic carbocycles. The zero-order valence-electron chi connectivity index (χ0n) is 10.2. The maximum absolute atomic E-state index is 7.81. The van der Waals surface area contributed by atoms with Crippen molar-refractivity contribution >= 4 is 5.96 Å². The summed E-state index contributed by atoms with van der Waals surface area (Å²) in [6.07, 6.45) is 0.797. The summed E-state index contributed by atoms with van der Waals surface area (Å²) in [5.41, 5.74) is 5.46. The molecule has 0 unspecified atom stereocenters. The second kappa shape index (κ2) is 5.55.